The van der Waals surface area contributed by atoms with Crippen molar-refractivity contribution in [2.75, 3.05) is 13.2 Å². The van der Waals surface area contributed by atoms with E-state index in [2.05, 4.69) is 10.6 Å². The van der Waals surface area contributed by atoms with E-state index in [0.29, 0.717) is 24.0 Å². The minimum atomic E-state index is -1.11. The summed E-state index contributed by atoms with van der Waals surface area (Å²) in [6, 6.07) is 2.67. The van der Waals surface area contributed by atoms with Gasteiger partial charge in [0.2, 0.25) is 11.8 Å². The van der Waals surface area contributed by atoms with E-state index in [1.54, 1.807) is 46.8 Å². The molecule has 3 amide bonds. The number of aromatic hydroxyl groups is 1. The number of phenolic OH excluding ortho intramolecular Hbond substituents is 1. The molecule has 0 aliphatic carbocycles. The van der Waals surface area contributed by atoms with Gasteiger partial charge in [-0.15, -0.1) is 0 Å². The Morgan fingerprint density at radius 2 is 1.68 bits per heavy atom. The fourth-order valence-corrected chi connectivity index (χ4v) is 4.14. The maximum atomic E-state index is 14.4. The molecule has 0 radical (unpaired) electrons. The van der Waals surface area contributed by atoms with Crippen molar-refractivity contribution in [1.82, 2.24) is 15.5 Å². The van der Waals surface area contributed by atoms with Crippen molar-refractivity contribution >= 4 is 23.9 Å². The van der Waals surface area contributed by atoms with Crippen molar-refractivity contribution in [3.8, 4) is 5.75 Å². The Balaban J connectivity index is 3.61. The normalized spacial score (nSPS) is 13.3. The van der Waals surface area contributed by atoms with Crippen LogP contribution in [0, 0.1) is 12.8 Å². The number of hydrogen-bond donors (Lipinski definition) is 3. The van der Waals surface area contributed by atoms with Crippen LogP contribution in [-0.2, 0) is 23.9 Å². The molecule has 0 spiro atoms. The number of alkyl carbamates (subject to hydrolysis) is 1. The minimum absolute atomic E-state index is 0.0192. The monoisotopic (exact) mass is 563 g/mol. The van der Waals surface area contributed by atoms with Crippen LogP contribution in [0.15, 0.2) is 18.2 Å². The Morgan fingerprint density at radius 1 is 1.05 bits per heavy atom. The summed E-state index contributed by atoms with van der Waals surface area (Å²) in [5, 5.41) is 15.7. The van der Waals surface area contributed by atoms with Crippen LogP contribution in [0.25, 0.3) is 0 Å². The Hall–Kier alpha value is -3.30. The number of nitrogens with zero attached hydrogens (tertiary/aromatic N) is 1. The zero-order chi connectivity index (χ0) is 30.8. The van der Waals surface area contributed by atoms with E-state index in [1.807, 2.05) is 34.6 Å². The van der Waals surface area contributed by atoms with Gasteiger partial charge >= 0.3 is 12.1 Å². The summed E-state index contributed by atoms with van der Waals surface area (Å²) in [5.74, 6) is -1.28. The van der Waals surface area contributed by atoms with E-state index in [0.717, 1.165) is 0 Å². The lowest BCUT2D eigenvalue weighted by atomic mass is 9.90. The first-order chi connectivity index (χ1) is 18.4. The van der Waals surface area contributed by atoms with Crippen molar-refractivity contribution in [1.29, 1.82) is 0 Å². The molecule has 0 aliphatic heterocycles. The molecule has 0 aliphatic rings. The second-order valence-corrected chi connectivity index (χ2v) is 12.0. The van der Waals surface area contributed by atoms with Crippen molar-refractivity contribution in [3.63, 3.8) is 0 Å². The summed E-state index contributed by atoms with van der Waals surface area (Å²) >= 11 is 0. The molecule has 40 heavy (non-hydrogen) atoms. The van der Waals surface area contributed by atoms with Crippen molar-refractivity contribution in [2.24, 2.45) is 5.92 Å². The largest absolute Gasteiger partial charge is 0.508 e. The second kappa shape index (κ2) is 14.9. The predicted molar refractivity (Wildman–Crippen MR) is 154 cm³/mol. The van der Waals surface area contributed by atoms with Crippen molar-refractivity contribution < 1.29 is 33.8 Å². The molecule has 10 heteroatoms. The van der Waals surface area contributed by atoms with Crippen LogP contribution in [0.4, 0.5) is 4.79 Å². The second-order valence-electron chi connectivity index (χ2n) is 12.0. The lowest BCUT2D eigenvalue weighted by Gasteiger charge is -2.45. The number of esters is 1. The van der Waals surface area contributed by atoms with Gasteiger partial charge in [0.25, 0.3) is 0 Å². The summed E-state index contributed by atoms with van der Waals surface area (Å²) in [4.78, 5) is 54.3. The molecule has 226 valence electrons. The standard InChI is InChI=1S/C30H49N3O7/c1-11-30(9,10)33(27(37)22(17-19(3)4)32-28(38)40-29(6,7)8)25(21-13-14-23(34)20(5)18-21)26(36)31-16-15-24(35)39-12-2/h13-14,18-19,22,25,34H,11-12,15-17H2,1-10H3,(H,31,36)(H,32,38). The van der Waals surface area contributed by atoms with E-state index < -0.39 is 47.1 Å². The van der Waals surface area contributed by atoms with E-state index in [1.165, 1.54) is 11.0 Å². The van der Waals surface area contributed by atoms with Crippen LogP contribution in [0.2, 0.25) is 0 Å². The van der Waals surface area contributed by atoms with Gasteiger partial charge < -0.3 is 30.1 Å². The average Bonchev–Trinajstić information content (AvgIpc) is 2.82. The number of phenols is 1. The lowest BCUT2D eigenvalue weighted by molar-refractivity contribution is -0.150. The van der Waals surface area contributed by atoms with Crippen LogP contribution in [0.5, 0.6) is 5.75 Å². The molecule has 10 nitrogen and oxygen atoms in total. The van der Waals surface area contributed by atoms with Crippen LogP contribution in [-0.4, -0.2) is 64.2 Å². The first-order valence-corrected chi connectivity index (χ1v) is 14.0. The fourth-order valence-electron chi connectivity index (χ4n) is 4.14. The zero-order valence-electron chi connectivity index (χ0n) is 25.8. The van der Waals surface area contributed by atoms with E-state index in [4.69, 9.17) is 9.47 Å². The van der Waals surface area contributed by atoms with Gasteiger partial charge in [0.05, 0.1) is 13.0 Å². The highest BCUT2D eigenvalue weighted by molar-refractivity contribution is 5.93. The third-order valence-electron chi connectivity index (χ3n) is 6.43. The lowest BCUT2D eigenvalue weighted by Crippen LogP contribution is -2.59. The van der Waals surface area contributed by atoms with Crippen molar-refractivity contribution in [3.05, 3.63) is 29.3 Å². The number of carbonyl (C=O) groups excluding carboxylic acids is 4. The molecule has 0 fully saturated rings. The molecule has 3 N–H and O–H groups in total. The van der Waals surface area contributed by atoms with E-state index >= 15 is 0 Å². The summed E-state index contributed by atoms with van der Waals surface area (Å²) < 4.78 is 10.4. The molecular formula is C30H49N3O7. The average molecular weight is 564 g/mol. The summed E-state index contributed by atoms with van der Waals surface area (Å²) in [5.41, 5.74) is -0.562. The van der Waals surface area contributed by atoms with Crippen LogP contribution < -0.4 is 10.6 Å². The molecule has 0 bridgehead atoms. The number of carbonyl (C=O) groups is 4. The Bertz CT molecular complexity index is 1030. The van der Waals surface area contributed by atoms with Gasteiger partial charge in [-0.1, -0.05) is 26.8 Å². The quantitative estimate of drug-likeness (QED) is 0.294. The molecular weight excluding hydrogens is 514 g/mol. The van der Waals surface area contributed by atoms with Crippen LogP contribution >= 0.6 is 0 Å². The third kappa shape index (κ3) is 10.7. The van der Waals surface area contributed by atoms with Gasteiger partial charge in [0.15, 0.2) is 0 Å². The van der Waals surface area contributed by atoms with Crippen LogP contribution in [0.3, 0.4) is 0 Å². The van der Waals surface area contributed by atoms with Gasteiger partial charge in [0, 0.05) is 12.1 Å². The molecule has 1 rings (SSSR count). The molecule has 1 aromatic carbocycles. The zero-order valence-corrected chi connectivity index (χ0v) is 25.8. The summed E-state index contributed by atoms with van der Waals surface area (Å²) in [6.45, 7) is 18.4. The predicted octanol–water partition coefficient (Wildman–Crippen LogP) is 4.77. The molecule has 0 saturated carbocycles. The highest BCUT2D eigenvalue weighted by Gasteiger charge is 2.43. The number of amides is 3. The van der Waals surface area contributed by atoms with Gasteiger partial charge in [-0.25, -0.2) is 4.79 Å². The molecule has 0 heterocycles. The highest BCUT2D eigenvalue weighted by atomic mass is 16.6. The number of rotatable bonds is 13. The summed E-state index contributed by atoms with van der Waals surface area (Å²) in [6.07, 6.45) is 0.0719. The third-order valence-corrected chi connectivity index (χ3v) is 6.43. The Kier molecular flexibility index (Phi) is 12.9. The Labute approximate surface area is 239 Å². The smallest absolute Gasteiger partial charge is 0.408 e. The number of aryl methyl sites for hydroxylation is 1. The first kappa shape index (κ1) is 34.7. The maximum absolute atomic E-state index is 14.4. The molecule has 2 unspecified atom stereocenters. The SMILES string of the molecule is CCOC(=O)CCNC(=O)C(c1ccc(O)c(C)c1)N(C(=O)C(CC(C)C)NC(=O)OC(C)(C)C)C(C)(C)CC. The number of nitrogens with one attached hydrogen (secondary N) is 2. The fraction of sp³-hybridized carbons (Fsp3) is 0.667. The van der Waals surface area contributed by atoms with Gasteiger partial charge in [-0.2, -0.15) is 0 Å². The van der Waals surface area contributed by atoms with Gasteiger partial charge in [-0.05, 0) is 90.5 Å². The van der Waals surface area contributed by atoms with E-state index in [9.17, 15) is 24.3 Å². The van der Waals surface area contributed by atoms with Crippen LogP contribution in [0.1, 0.15) is 98.7 Å². The number of benzene rings is 1. The molecule has 2 atom stereocenters. The topological polar surface area (TPSA) is 134 Å². The molecule has 0 saturated heterocycles. The van der Waals surface area contributed by atoms with Gasteiger partial charge in [0.1, 0.15) is 23.4 Å². The highest BCUT2D eigenvalue weighted by Crippen LogP contribution is 2.34. The van der Waals surface area contributed by atoms with E-state index in [-0.39, 0.29) is 31.2 Å². The summed E-state index contributed by atoms with van der Waals surface area (Å²) in [7, 11) is 0. The number of ether oxygens (including phenoxy) is 2. The van der Waals surface area contributed by atoms with Gasteiger partial charge in [-0.3, -0.25) is 14.4 Å². The first-order valence-electron chi connectivity index (χ1n) is 14.0. The molecule has 1 aromatic rings. The number of hydrogen-bond acceptors (Lipinski definition) is 7. The maximum Gasteiger partial charge on any atom is 0.408 e. The molecule has 0 aromatic heterocycles. The van der Waals surface area contributed by atoms with Crippen molar-refractivity contribution in [2.45, 2.75) is 112 Å². The Morgan fingerprint density at radius 3 is 2.17 bits per heavy atom. The minimum Gasteiger partial charge on any atom is -0.508 e.